The van der Waals surface area contributed by atoms with Crippen LogP contribution in [-0.4, -0.2) is 19.6 Å². The van der Waals surface area contributed by atoms with Gasteiger partial charge in [-0.1, -0.05) is 29.9 Å². The Bertz CT molecular complexity index is 1040. The number of allylic oxidation sites excluding steroid dienone is 2. The second-order valence-electron chi connectivity index (χ2n) is 7.22. The van der Waals surface area contributed by atoms with Gasteiger partial charge in [0.05, 0.1) is 19.3 Å². The SMILES string of the molecule is COc1oc([C@H]2C/C(=C/C(C)=C/c3ccc(C(N)=O)cc3)CO2)c(C)c(=O)c1C. The van der Waals surface area contributed by atoms with Crippen LogP contribution in [0.15, 0.2) is 50.7 Å². The number of rotatable bonds is 5. The predicted molar refractivity (Wildman–Crippen MR) is 111 cm³/mol. The van der Waals surface area contributed by atoms with Gasteiger partial charge in [-0.05, 0) is 44.0 Å². The predicted octanol–water partition coefficient (Wildman–Crippen LogP) is 3.86. The Morgan fingerprint density at radius 2 is 1.90 bits per heavy atom. The van der Waals surface area contributed by atoms with E-state index in [1.807, 2.05) is 25.1 Å². The van der Waals surface area contributed by atoms with E-state index < -0.39 is 5.91 Å². The molecule has 1 aromatic heterocycles. The van der Waals surface area contributed by atoms with Gasteiger partial charge in [0.2, 0.25) is 5.91 Å². The van der Waals surface area contributed by atoms with Crippen molar-refractivity contribution >= 4 is 12.0 Å². The molecule has 0 bridgehead atoms. The molecule has 2 aromatic rings. The molecule has 0 aliphatic carbocycles. The van der Waals surface area contributed by atoms with Gasteiger partial charge in [-0.3, -0.25) is 9.59 Å². The fourth-order valence-electron chi connectivity index (χ4n) is 3.44. The molecule has 3 rings (SSSR count). The van der Waals surface area contributed by atoms with Gasteiger partial charge in [0, 0.05) is 17.5 Å². The molecule has 1 amide bonds. The summed E-state index contributed by atoms with van der Waals surface area (Å²) >= 11 is 0. The highest BCUT2D eigenvalue weighted by molar-refractivity contribution is 5.92. The highest BCUT2D eigenvalue weighted by Gasteiger charge is 2.28. The molecule has 2 heterocycles. The maximum absolute atomic E-state index is 12.4. The van der Waals surface area contributed by atoms with Gasteiger partial charge in [-0.2, -0.15) is 0 Å². The Balaban J connectivity index is 1.78. The number of amides is 1. The average molecular weight is 395 g/mol. The van der Waals surface area contributed by atoms with Crippen molar-refractivity contribution in [3.05, 3.63) is 79.7 Å². The number of primary amides is 1. The normalized spacial score (nSPS) is 18.3. The molecule has 0 radical (unpaired) electrons. The Labute approximate surface area is 169 Å². The summed E-state index contributed by atoms with van der Waals surface area (Å²) in [5.41, 5.74) is 9.82. The molecular weight excluding hydrogens is 370 g/mol. The van der Waals surface area contributed by atoms with Crippen molar-refractivity contribution in [2.75, 3.05) is 13.7 Å². The second-order valence-corrected chi connectivity index (χ2v) is 7.22. The van der Waals surface area contributed by atoms with Crippen molar-refractivity contribution in [1.82, 2.24) is 0 Å². The van der Waals surface area contributed by atoms with Crippen LogP contribution in [-0.2, 0) is 4.74 Å². The van der Waals surface area contributed by atoms with Gasteiger partial charge in [0.1, 0.15) is 11.9 Å². The van der Waals surface area contributed by atoms with Crippen molar-refractivity contribution < 1.29 is 18.7 Å². The number of methoxy groups -OCH3 is 1. The van der Waals surface area contributed by atoms with Crippen LogP contribution in [0.3, 0.4) is 0 Å². The number of carbonyl (C=O) groups excluding carboxylic acids is 1. The van der Waals surface area contributed by atoms with E-state index in [-0.39, 0.29) is 17.5 Å². The smallest absolute Gasteiger partial charge is 0.291 e. The summed E-state index contributed by atoms with van der Waals surface area (Å²) in [5.74, 6) is 0.305. The minimum absolute atomic E-state index is 0.0837. The van der Waals surface area contributed by atoms with Crippen molar-refractivity contribution in [2.45, 2.75) is 33.3 Å². The molecular formula is C23H25NO5. The number of ether oxygens (including phenoxy) is 2. The van der Waals surface area contributed by atoms with Crippen LogP contribution in [0.5, 0.6) is 5.95 Å². The maximum atomic E-state index is 12.4. The average Bonchev–Trinajstić information content (AvgIpc) is 3.14. The quantitative estimate of drug-likeness (QED) is 0.830. The van der Waals surface area contributed by atoms with Crippen molar-refractivity contribution in [3.8, 4) is 5.95 Å². The number of carbonyl (C=O) groups is 1. The first-order valence-corrected chi connectivity index (χ1v) is 9.37. The van der Waals surface area contributed by atoms with Crippen molar-refractivity contribution in [3.63, 3.8) is 0 Å². The Morgan fingerprint density at radius 3 is 2.52 bits per heavy atom. The Kier molecular flexibility index (Phi) is 6.03. The van der Waals surface area contributed by atoms with Crippen LogP contribution in [0.4, 0.5) is 0 Å². The van der Waals surface area contributed by atoms with E-state index in [1.165, 1.54) is 7.11 Å². The first-order chi connectivity index (χ1) is 13.8. The van der Waals surface area contributed by atoms with Gasteiger partial charge in [-0.25, -0.2) is 0 Å². The first kappa shape index (κ1) is 20.6. The molecule has 0 unspecified atom stereocenters. The van der Waals surface area contributed by atoms with Crippen LogP contribution in [0.25, 0.3) is 6.08 Å². The van der Waals surface area contributed by atoms with E-state index in [9.17, 15) is 9.59 Å². The van der Waals surface area contributed by atoms with E-state index in [4.69, 9.17) is 19.6 Å². The van der Waals surface area contributed by atoms with E-state index >= 15 is 0 Å². The molecule has 1 aromatic carbocycles. The third-order valence-corrected chi connectivity index (χ3v) is 4.98. The highest BCUT2D eigenvalue weighted by Crippen LogP contribution is 2.35. The largest absolute Gasteiger partial charge is 0.468 e. The summed E-state index contributed by atoms with van der Waals surface area (Å²) in [6.45, 7) is 5.91. The van der Waals surface area contributed by atoms with Crippen LogP contribution in [0.1, 0.15) is 52.3 Å². The molecule has 29 heavy (non-hydrogen) atoms. The minimum Gasteiger partial charge on any atom is -0.468 e. The summed E-state index contributed by atoms with van der Waals surface area (Å²) in [6.07, 6.45) is 4.42. The van der Waals surface area contributed by atoms with Crippen LogP contribution < -0.4 is 15.9 Å². The molecule has 1 atom stereocenters. The summed E-state index contributed by atoms with van der Waals surface area (Å²) in [5, 5.41) is 0. The lowest BCUT2D eigenvalue weighted by Crippen LogP contribution is -2.15. The lowest BCUT2D eigenvalue weighted by atomic mass is 10.0. The summed E-state index contributed by atoms with van der Waals surface area (Å²) in [4.78, 5) is 23.6. The van der Waals surface area contributed by atoms with Crippen molar-refractivity contribution in [1.29, 1.82) is 0 Å². The van der Waals surface area contributed by atoms with E-state index in [0.29, 0.717) is 35.5 Å². The van der Waals surface area contributed by atoms with E-state index in [0.717, 1.165) is 16.7 Å². The van der Waals surface area contributed by atoms with E-state index in [1.54, 1.807) is 26.0 Å². The lowest BCUT2D eigenvalue weighted by Gasteiger charge is -2.13. The molecule has 6 nitrogen and oxygen atoms in total. The molecule has 2 N–H and O–H groups in total. The zero-order valence-electron chi connectivity index (χ0n) is 17.1. The third-order valence-electron chi connectivity index (χ3n) is 4.98. The van der Waals surface area contributed by atoms with E-state index in [2.05, 4.69) is 6.08 Å². The summed E-state index contributed by atoms with van der Waals surface area (Å²) in [7, 11) is 1.48. The fraction of sp³-hybridized carbons (Fsp3) is 0.304. The van der Waals surface area contributed by atoms with Gasteiger partial charge in [0.25, 0.3) is 5.95 Å². The molecule has 1 aliphatic rings. The van der Waals surface area contributed by atoms with Crippen LogP contribution in [0.2, 0.25) is 0 Å². The monoisotopic (exact) mass is 395 g/mol. The van der Waals surface area contributed by atoms with Gasteiger partial charge in [0.15, 0.2) is 5.43 Å². The Hall–Kier alpha value is -3.12. The number of hydrogen-bond acceptors (Lipinski definition) is 5. The topological polar surface area (TPSA) is 91.8 Å². The molecule has 6 heteroatoms. The lowest BCUT2D eigenvalue weighted by molar-refractivity contribution is 0.0880. The van der Waals surface area contributed by atoms with Crippen LogP contribution in [0, 0.1) is 13.8 Å². The third kappa shape index (κ3) is 4.49. The molecule has 0 spiro atoms. The molecule has 0 saturated carbocycles. The number of benzene rings is 1. The zero-order valence-corrected chi connectivity index (χ0v) is 17.1. The van der Waals surface area contributed by atoms with Gasteiger partial charge >= 0.3 is 0 Å². The second kappa shape index (κ2) is 8.49. The molecule has 152 valence electrons. The number of nitrogens with two attached hydrogens (primary N) is 1. The van der Waals surface area contributed by atoms with Crippen molar-refractivity contribution in [2.24, 2.45) is 5.73 Å². The zero-order chi connectivity index (χ0) is 21.1. The van der Waals surface area contributed by atoms with Crippen LogP contribution >= 0.6 is 0 Å². The minimum atomic E-state index is -0.441. The van der Waals surface area contributed by atoms with Gasteiger partial charge < -0.3 is 19.6 Å². The summed E-state index contributed by atoms with van der Waals surface area (Å²) in [6, 6.07) is 7.12. The number of hydrogen-bond donors (Lipinski definition) is 1. The molecule has 1 saturated heterocycles. The molecule has 1 aliphatic heterocycles. The standard InChI is InChI=1S/C23H25NO5/c1-13(9-16-5-7-18(8-6-16)22(24)26)10-17-11-19(28-12-17)21-14(2)20(25)15(3)23(27-4)29-21/h5-10,19H,11-12H2,1-4H3,(H2,24,26)/b13-9+,17-10-/t19-/m1/s1. The first-order valence-electron chi connectivity index (χ1n) is 9.37. The maximum Gasteiger partial charge on any atom is 0.291 e. The molecule has 1 fully saturated rings. The Morgan fingerprint density at radius 1 is 1.21 bits per heavy atom. The fourth-order valence-corrected chi connectivity index (χ4v) is 3.44. The highest BCUT2D eigenvalue weighted by atomic mass is 16.6. The summed E-state index contributed by atoms with van der Waals surface area (Å²) < 4.78 is 16.9. The van der Waals surface area contributed by atoms with Gasteiger partial charge in [-0.15, -0.1) is 0 Å².